The summed E-state index contributed by atoms with van der Waals surface area (Å²) in [6.45, 7) is 5.40. The zero-order chi connectivity index (χ0) is 27.3. The van der Waals surface area contributed by atoms with Crippen LogP contribution in [0.25, 0.3) is 0 Å². The average molecular weight is 521 g/mol. The van der Waals surface area contributed by atoms with Crippen molar-refractivity contribution in [3.05, 3.63) is 71.8 Å². The molecular weight excluding hydrogens is 480 g/mol. The van der Waals surface area contributed by atoms with Crippen LogP contribution in [0.1, 0.15) is 43.7 Å². The second-order valence-electron chi connectivity index (χ2n) is 11.1. The largest absolute Gasteiger partial charge is 0.374 e. The fraction of sp³-hybridized carbons (Fsp3) is 0.500. The second-order valence-corrected chi connectivity index (χ2v) is 11.1. The number of ether oxygens (including phenoxy) is 1. The van der Waals surface area contributed by atoms with Crippen LogP contribution < -0.4 is 10.6 Å². The minimum atomic E-state index is -0.863. The molecule has 0 aromatic heterocycles. The fourth-order valence-electron chi connectivity index (χ4n) is 5.62. The van der Waals surface area contributed by atoms with Crippen molar-refractivity contribution in [1.29, 1.82) is 0 Å². The number of likely N-dealkylation sites (N-methyl/N-ethyl adjacent to an activating group) is 2. The fourth-order valence-corrected chi connectivity index (χ4v) is 5.62. The third-order valence-electron chi connectivity index (χ3n) is 8.13. The van der Waals surface area contributed by atoms with E-state index >= 15 is 0 Å². The van der Waals surface area contributed by atoms with E-state index in [-0.39, 0.29) is 30.2 Å². The summed E-state index contributed by atoms with van der Waals surface area (Å²) in [5.74, 6) is -0.415. The number of hydrogen-bond acceptors (Lipinski definition) is 5. The van der Waals surface area contributed by atoms with Crippen molar-refractivity contribution in [3.8, 4) is 0 Å². The summed E-state index contributed by atoms with van der Waals surface area (Å²) in [5.41, 5.74) is 0.575. The molecule has 1 spiro atoms. The number of likely N-dealkylation sites (tertiary alicyclic amines) is 2. The Morgan fingerprint density at radius 3 is 2.42 bits per heavy atom. The van der Waals surface area contributed by atoms with Crippen molar-refractivity contribution in [3.63, 3.8) is 0 Å². The van der Waals surface area contributed by atoms with E-state index in [9.17, 15) is 14.4 Å². The van der Waals surface area contributed by atoms with Gasteiger partial charge in [-0.3, -0.25) is 14.4 Å². The number of hydrogen-bond donors (Lipinski definition) is 2. The summed E-state index contributed by atoms with van der Waals surface area (Å²) >= 11 is 0. The van der Waals surface area contributed by atoms with Crippen LogP contribution in [-0.4, -0.2) is 79.4 Å². The first-order valence-electron chi connectivity index (χ1n) is 13.4. The van der Waals surface area contributed by atoms with Gasteiger partial charge in [-0.2, -0.15) is 0 Å². The van der Waals surface area contributed by atoms with Crippen LogP contribution in [0.2, 0.25) is 0 Å². The second kappa shape index (κ2) is 11.7. The van der Waals surface area contributed by atoms with Crippen LogP contribution in [0.5, 0.6) is 0 Å². The maximum absolute atomic E-state index is 13.9. The highest BCUT2D eigenvalue weighted by Crippen LogP contribution is 2.49. The Labute approximate surface area is 225 Å². The molecule has 3 atom stereocenters. The number of amides is 3. The summed E-state index contributed by atoms with van der Waals surface area (Å²) in [6.07, 6.45) is 1.45. The van der Waals surface area contributed by atoms with Crippen molar-refractivity contribution >= 4 is 17.7 Å². The van der Waals surface area contributed by atoms with Gasteiger partial charge in [0.15, 0.2) is 0 Å². The summed E-state index contributed by atoms with van der Waals surface area (Å²) in [6, 6.07) is 19.0. The van der Waals surface area contributed by atoms with Crippen molar-refractivity contribution in [1.82, 2.24) is 20.4 Å². The monoisotopic (exact) mass is 520 g/mol. The molecule has 0 radical (unpaired) electrons. The molecule has 2 aromatic rings. The van der Waals surface area contributed by atoms with Gasteiger partial charge in [0.2, 0.25) is 17.7 Å². The first-order valence-corrected chi connectivity index (χ1v) is 13.4. The Balaban J connectivity index is 1.55. The molecule has 2 N–H and O–H groups in total. The molecule has 2 aliphatic heterocycles. The maximum atomic E-state index is 13.9. The van der Waals surface area contributed by atoms with Gasteiger partial charge in [0, 0.05) is 32.6 Å². The molecule has 38 heavy (non-hydrogen) atoms. The molecule has 2 saturated heterocycles. The molecule has 0 bridgehead atoms. The molecular formula is C30H40N4O4. The normalized spacial score (nSPS) is 22.5. The van der Waals surface area contributed by atoms with Crippen LogP contribution in [0.3, 0.4) is 0 Å². The summed E-state index contributed by atoms with van der Waals surface area (Å²) in [4.78, 5) is 44.1. The number of rotatable bonds is 9. The highest BCUT2D eigenvalue weighted by Gasteiger charge is 2.55. The summed E-state index contributed by atoms with van der Waals surface area (Å²) < 4.78 is 5.93. The molecule has 2 aromatic carbocycles. The molecule has 4 rings (SSSR count). The van der Waals surface area contributed by atoms with Gasteiger partial charge in [0.05, 0.1) is 24.2 Å². The molecule has 2 heterocycles. The molecule has 204 valence electrons. The van der Waals surface area contributed by atoms with Gasteiger partial charge < -0.3 is 25.2 Å². The first kappa shape index (κ1) is 27.8. The van der Waals surface area contributed by atoms with Crippen molar-refractivity contribution < 1.29 is 19.1 Å². The molecule has 8 heteroatoms. The third-order valence-corrected chi connectivity index (χ3v) is 8.13. The van der Waals surface area contributed by atoms with Gasteiger partial charge in [-0.05, 0) is 44.9 Å². The molecule has 8 nitrogen and oxygen atoms in total. The van der Waals surface area contributed by atoms with Gasteiger partial charge in [-0.15, -0.1) is 0 Å². The Hall–Kier alpha value is -3.23. The van der Waals surface area contributed by atoms with E-state index in [1.54, 1.807) is 30.7 Å². The highest BCUT2D eigenvalue weighted by atomic mass is 16.5. The van der Waals surface area contributed by atoms with E-state index in [1.807, 2.05) is 55.6 Å². The Bertz CT molecular complexity index is 1120. The molecule has 2 unspecified atom stereocenters. The van der Waals surface area contributed by atoms with E-state index in [4.69, 9.17) is 4.74 Å². The number of benzene rings is 2. The van der Waals surface area contributed by atoms with Crippen LogP contribution in [0.4, 0.5) is 0 Å². The lowest BCUT2D eigenvalue weighted by atomic mass is 9.69. The van der Waals surface area contributed by atoms with Gasteiger partial charge >= 0.3 is 0 Å². The zero-order valence-electron chi connectivity index (χ0n) is 22.9. The Morgan fingerprint density at radius 2 is 1.76 bits per heavy atom. The van der Waals surface area contributed by atoms with Crippen molar-refractivity contribution in [2.24, 2.45) is 5.41 Å². The van der Waals surface area contributed by atoms with Gasteiger partial charge in [0.1, 0.15) is 6.04 Å². The number of carbonyl (C=O) groups excluding carboxylic acids is 3. The van der Waals surface area contributed by atoms with Crippen LogP contribution in [0, 0.1) is 5.41 Å². The topological polar surface area (TPSA) is 91.0 Å². The van der Waals surface area contributed by atoms with Gasteiger partial charge in [-0.1, -0.05) is 60.7 Å². The summed E-state index contributed by atoms with van der Waals surface area (Å²) in [5, 5.41) is 5.91. The molecule has 2 aliphatic rings. The minimum Gasteiger partial charge on any atom is -0.374 e. The van der Waals surface area contributed by atoms with Crippen LogP contribution >= 0.6 is 0 Å². The van der Waals surface area contributed by atoms with E-state index in [2.05, 4.69) is 22.8 Å². The smallest absolute Gasteiger partial charge is 0.247 e. The van der Waals surface area contributed by atoms with Crippen molar-refractivity contribution in [2.75, 3.05) is 40.3 Å². The predicted molar refractivity (Wildman–Crippen MR) is 146 cm³/mol. The Kier molecular flexibility index (Phi) is 8.53. The lowest BCUT2D eigenvalue weighted by molar-refractivity contribution is -0.147. The lowest BCUT2D eigenvalue weighted by Crippen LogP contribution is -2.60. The van der Waals surface area contributed by atoms with E-state index in [0.717, 1.165) is 24.0 Å². The Morgan fingerprint density at radius 1 is 1.11 bits per heavy atom. The molecule has 3 amide bonds. The van der Waals surface area contributed by atoms with Crippen LogP contribution in [-0.2, 0) is 25.7 Å². The van der Waals surface area contributed by atoms with Gasteiger partial charge in [-0.25, -0.2) is 0 Å². The maximum Gasteiger partial charge on any atom is 0.247 e. The SMILES string of the molecule is CNC(C)(C)C(=O)N[C@H](COCc1ccccc1)C(=O)N1CCCC2(C1)C(=O)N(C)CC2c1ccccc1. The quantitative estimate of drug-likeness (QED) is 0.530. The van der Waals surface area contributed by atoms with Gasteiger partial charge in [0.25, 0.3) is 0 Å². The number of nitrogens with one attached hydrogen (secondary N) is 2. The third kappa shape index (κ3) is 5.76. The summed E-state index contributed by atoms with van der Waals surface area (Å²) in [7, 11) is 3.55. The standard InChI is InChI=1S/C30H40N4O4/c1-29(2,31-3)27(36)32-25(20-38-19-22-12-7-5-8-13-22)26(35)34-17-11-16-30(21-34)24(18-33(4)28(30)37)23-14-9-6-10-15-23/h5-10,12-15,24-25,31H,11,16-21H2,1-4H3,(H,32,36)/t24?,25-,30?/m1/s1. The minimum absolute atomic E-state index is 0.00222. The van der Waals surface area contributed by atoms with E-state index < -0.39 is 17.0 Å². The van der Waals surface area contributed by atoms with E-state index in [1.165, 1.54) is 0 Å². The molecule has 0 saturated carbocycles. The number of carbonyl (C=O) groups is 3. The predicted octanol–water partition coefficient (Wildman–Crippen LogP) is 2.55. The molecule has 2 fully saturated rings. The zero-order valence-corrected chi connectivity index (χ0v) is 22.9. The van der Waals surface area contributed by atoms with Crippen LogP contribution in [0.15, 0.2) is 60.7 Å². The number of nitrogens with zero attached hydrogens (tertiary/aromatic N) is 2. The lowest BCUT2D eigenvalue weighted by Gasteiger charge is -2.43. The number of piperidine rings is 1. The average Bonchev–Trinajstić information content (AvgIpc) is 3.17. The highest BCUT2D eigenvalue weighted by molar-refractivity contribution is 5.93. The van der Waals surface area contributed by atoms with Crippen molar-refractivity contribution in [2.45, 2.75) is 50.8 Å². The molecule has 0 aliphatic carbocycles. The first-order chi connectivity index (χ1) is 18.2. The van der Waals surface area contributed by atoms with E-state index in [0.29, 0.717) is 26.2 Å².